The van der Waals surface area contributed by atoms with Gasteiger partial charge in [-0.3, -0.25) is 0 Å². The summed E-state index contributed by atoms with van der Waals surface area (Å²) in [7, 11) is -3.74. The van der Waals surface area contributed by atoms with E-state index < -0.39 is 10.0 Å². The lowest BCUT2D eigenvalue weighted by molar-refractivity contribution is 0.331. The van der Waals surface area contributed by atoms with Gasteiger partial charge >= 0.3 is 0 Å². The molecule has 4 nitrogen and oxygen atoms in total. The fourth-order valence-corrected chi connectivity index (χ4v) is 3.37. The second-order valence-electron chi connectivity index (χ2n) is 4.48. The number of hydrogen-bond acceptors (Lipinski definition) is 3. The average Bonchev–Trinajstić information content (AvgIpc) is 2.49. The van der Waals surface area contributed by atoms with Gasteiger partial charge in [-0.2, -0.15) is 0 Å². The molecule has 0 aliphatic heterocycles. The highest BCUT2D eigenvalue weighted by Gasteiger charge is 2.20. The standard InChI is InChI=1S/C15H15Cl2NO3S/c1-2-21-14-8-7-13(17)9-15(14)22(19,20)18-10-11-3-5-12(16)6-4-11/h3-9,18H,2,10H2,1H3. The Labute approximate surface area is 140 Å². The van der Waals surface area contributed by atoms with Gasteiger partial charge in [0, 0.05) is 16.6 Å². The van der Waals surface area contributed by atoms with E-state index >= 15 is 0 Å². The van der Waals surface area contributed by atoms with Crippen LogP contribution in [0.1, 0.15) is 12.5 Å². The van der Waals surface area contributed by atoms with Crippen LogP contribution in [0.3, 0.4) is 0 Å². The predicted octanol–water partition coefficient (Wildman–Crippen LogP) is 3.87. The molecule has 0 aromatic heterocycles. The van der Waals surface area contributed by atoms with Gasteiger partial charge in [0.05, 0.1) is 6.61 Å². The van der Waals surface area contributed by atoms with Crippen LogP contribution in [-0.2, 0) is 16.6 Å². The number of nitrogens with one attached hydrogen (secondary N) is 1. The van der Waals surface area contributed by atoms with Crippen molar-refractivity contribution in [2.75, 3.05) is 6.61 Å². The SMILES string of the molecule is CCOc1ccc(Cl)cc1S(=O)(=O)NCc1ccc(Cl)cc1. The van der Waals surface area contributed by atoms with Crippen molar-refractivity contribution in [3.63, 3.8) is 0 Å². The third kappa shape index (κ3) is 4.36. The van der Waals surface area contributed by atoms with Crippen molar-refractivity contribution < 1.29 is 13.2 Å². The van der Waals surface area contributed by atoms with Crippen LogP contribution in [0.15, 0.2) is 47.4 Å². The Bertz CT molecular complexity index is 746. The van der Waals surface area contributed by atoms with E-state index in [1.54, 1.807) is 43.3 Å². The van der Waals surface area contributed by atoms with Gasteiger partial charge < -0.3 is 4.74 Å². The molecule has 0 saturated heterocycles. The third-order valence-corrected chi connectivity index (χ3v) is 4.78. The Balaban J connectivity index is 2.22. The number of benzene rings is 2. The fraction of sp³-hybridized carbons (Fsp3) is 0.200. The molecule has 0 amide bonds. The molecule has 118 valence electrons. The molecule has 0 atom stereocenters. The van der Waals surface area contributed by atoms with Crippen LogP contribution in [0.5, 0.6) is 5.75 Å². The van der Waals surface area contributed by atoms with Crippen molar-refractivity contribution in [2.24, 2.45) is 0 Å². The van der Waals surface area contributed by atoms with E-state index in [1.807, 2.05) is 0 Å². The molecule has 0 aliphatic rings. The van der Waals surface area contributed by atoms with Crippen LogP contribution in [-0.4, -0.2) is 15.0 Å². The summed E-state index contributed by atoms with van der Waals surface area (Å²) < 4.78 is 32.8. The van der Waals surface area contributed by atoms with Crippen LogP contribution < -0.4 is 9.46 Å². The molecule has 2 rings (SSSR count). The molecule has 2 aromatic rings. The summed E-state index contributed by atoms with van der Waals surface area (Å²) in [5.41, 5.74) is 0.799. The highest BCUT2D eigenvalue weighted by atomic mass is 35.5. The Morgan fingerprint density at radius 2 is 1.68 bits per heavy atom. The summed E-state index contributed by atoms with van der Waals surface area (Å²) in [6.07, 6.45) is 0. The first-order valence-electron chi connectivity index (χ1n) is 6.59. The minimum Gasteiger partial charge on any atom is -0.492 e. The van der Waals surface area contributed by atoms with Crippen molar-refractivity contribution in [1.82, 2.24) is 4.72 Å². The fourth-order valence-electron chi connectivity index (χ4n) is 1.83. The number of rotatable bonds is 6. The molecule has 0 heterocycles. The van der Waals surface area contributed by atoms with E-state index in [1.165, 1.54) is 6.07 Å². The summed E-state index contributed by atoms with van der Waals surface area (Å²) in [5, 5.41) is 0.926. The number of hydrogen-bond donors (Lipinski definition) is 1. The second-order valence-corrected chi connectivity index (χ2v) is 7.08. The Kier molecular flexibility index (Phi) is 5.69. The molecule has 0 fully saturated rings. The maximum atomic E-state index is 12.4. The molecule has 0 saturated carbocycles. The van der Waals surface area contributed by atoms with Crippen molar-refractivity contribution >= 4 is 33.2 Å². The van der Waals surface area contributed by atoms with Gasteiger partial charge in [0.2, 0.25) is 10.0 Å². The van der Waals surface area contributed by atoms with Crippen LogP contribution in [0.4, 0.5) is 0 Å². The van der Waals surface area contributed by atoms with Crippen molar-refractivity contribution in [3.8, 4) is 5.75 Å². The molecule has 0 radical (unpaired) electrons. The summed E-state index contributed by atoms with van der Waals surface area (Å²) in [4.78, 5) is 0.0239. The van der Waals surface area contributed by atoms with Crippen LogP contribution in [0.25, 0.3) is 0 Å². The summed E-state index contributed by atoms with van der Waals surface area (Å²) in [6.45, 7) is 2.30. The normalized spacial score (nSPS) is 11.4. The number of sulfonamides is 1. The molecular formula is C15H15Cl2NO3S. The second kappa shape index (κ2) is 7.33. The molecule has 0 spiro atoms. The molecule has 1 N–H and O–H groups in total. The highest BCUT2D eigenvalue weighted by molar-refractivity contribution is 7.89. The molecule has 0 bridgehead atoms. The van der Waals surface area contributed by atoms with Crippen molar-refractivity contribution in [3.05, 3.63) is 58.1 Å². The average molecular weight is 360 g/mol. The van der Waals surface area contributed by atoms with E-state index in [0.717, 1.165) is 5.56 Å². The smallest absolute Gasteiger partial charge is 0.244 e. The Morgan fingerprint density at radius 1 is 1.05 bits per heavy atom. The number of ether oxygens (including phenoxy) is 1. The number of halogens is 2. The van der Waals surface area contributed by atoms with Crippen LogP contribution in [0.2, 0.25) is 10.0 Å². The molecule has 0 aliphatic carbocycles. The van der Waals surface area contributed by atoms with Crippen LogP contribution >= 0.6 is 23.2 Å². The van der Waals surface area contributed by atoms with Crippen LogP contribution in [0, 0.1) is 0 Å². The summed E-state index contributed by atoms with van der Waals surface area (Å²) in [5.74, 6) is 0.274. The maximum absolute atomic E-state index is 12.4. The largest absolute Gasteiger partial charge is 0.492 e. The van der Waals surface area contributed by atoms with Crippen molar-refractivity contribution in [1.29, 1.82) is 0 Å². The van der Waals surface area contributed by atoms with Crippen molar-refractivity contribution in [2.45, 2.75) is 18.4 Å². The lowest BCUT2D eigenvalue weighted by atomic mass is 10.2. The monoisotopic (exact) mass is 359 g/mol. The molecule has 2 aromatic carbocycles. The van der Waals surface area contributed by atoms with Gasteiger partial charge in [-0.05, 0) is 42.8 Å². The zero-order valence-corrected chi connectivity index (χ0v) is 14.2. The summed E-state index contributed by atoms with van der Waals surface area (Å²) >= 11 is 11.7. The zero-order chi connectivity index (χ0) is 16.2. The topological polar surface area (TPSA) is 55.4 Å². The minimum absolute atomic E-state index is 0.0239. The van der Waals surface area contributed by atoms with E-state index in [4.69, 9.17) is 27.9 Å². The Hall–Kier alpha value is -1.27. The van der Waals surface area contributed by atoms with E-state index in [2.05, 4.69) is 4.72 Å². The highest BCUT2D eigenvalue weighted by Crippen LogP contribution is 2.27. The molecule has 22 heavy (non-hydrogen) atoms. The zero-order valence-electron chi connectivity index (χ0n) is 11.8. The minimum atomic E-state index is -3.74. The Morgan fingerprint density at radius 3 is 2.32 bits per heavy atom. The van der Waals surface area contributed by atoms with E-state index in [-0.39, 0.29) is 17.2 Å². The first kappa shape index (κ1) is 17.1. The first-order chi connectivity index (χ1) is 10.4. The molecule has 0 unspecified atom stereocenters. The van der Waals surface area contributed by atoms with Gasteiger partial charge in [0.1, 0.15) is 10.6 Å². The van der Waals surface area contributed by atoms with Gasteiger partial charge in [-0.15, -0.1) is 0 Å². The van der Waals surface area contributed by atoms with Gasteiger partial charge in [0.15, 0.2) is 0 Å². The van der Waals surface area contributed by atoms with Gasteiger partial charge in [-0.25, -0.2) is 13.1 Å². The van der Waals surface area contributed by atoms with Gasteiger partial charge in [0.25, 0.3) is 0 Å². The quantitative estimate of drug-likeness (QED) is 0.851. The predicted molar refractivity (Wildman–Crippen MR) is 88.1 cm³/mol. The maximum Gasteiger partial charge on any atom is 0.244 e. The third-order valence-electron chi connectivity index (χ3n) is 2.87. The van der Waals surface area contributed by atoms with E-state index in [9.17, 15) is 8.42 Å². The summed E-state index contributed by atoms with van der Waals surface area (Å²) in [6, 6.07) is 11.4. The van der Waals surface area contributed by atoms with E-state index in [0.29, 0.717) is 16.7 Å². The molecular weight excluding hydrogens is 345 g/mol. The lowest BCUT2D eigenvalue weighted by Crippen LogP contribution is -2.24. The lowest BCUT2D eigenvalue weighted by Gasteiger charge is -2.12. The molecule has 7 heteroatoms. The van der Waals surface area contributed by atoms with Gasteiger partial charge in [-0.1, -0.05) is 35.3 Å². The first-order valence-corrected chi connectivity index (χ1v) is 8.83.